The summed E-state index contributed by atoms with van der Waals surface area (Å²) in [7, 11) is 0. The van der Waals surface area contributed by atoms with Crippen molar-refractivity contribution in [1.82, 2.24) is 19.3 Å². The fraction of sp³-hybridized carbons (Fsp3) is 0.154. The average Bonchev–Trinajstić information content (AvgIpc) is 3.05. The molecule has 1 aromatic carbocycles. The lowest BCUT2D eigenvalue weighted by molar-refractivity contribution is 0.0698. The van der Waals surface area contributed by atoms with E-state index in [1.807, 2.05) is 22.9 Å². The first-order chi connectivity index (χ1) is 9.25. The van der Waals surface area contributed by atoms with Crippen molar-refractivity contribution in [2.75, 3.05) is 0 Å². The molecule has 6 heteroatoms. The molecule has 0 unspecified atom stereocenters. The Balaban J connectivity index is 1.97. The first kappa shape index (κ1) is 11.5. The summed E-state index contributed by atoms with van der Waals surface area (Å²) in [6.07, 6.45) is 5.26. The highest BCUT2D eigenvalue weighted by molar-refractivity contribution is 6.01. The molecule has 1 N–H and O–H groups in total. The summed E-state index contributed by atoms with van der Waals surface area (Å²) < 4.78 is 3.65. The van der Waals surface area contributed by atoms with Crippen LogP contribution in [0.4, 0.5) is 0 Å². The van der Waals surface area contributed by atoms with Gasteiger partial charge in [0.15, 0.2) is 0 Å². The smallest absolute Gasteiger partial charge is 0.337 e. The second kappa shape index (κ2) is 4.56. The van der Waals surface area contributed by atoms with Crippen LogP contribution >= 0.6 is 0 Å². The number of nitrogens with zero attached hydrogens (tertiary/aromatic N) is 4. The van der Waals surface area contributed by atoms with Gasteiger partial charge in [0.2, 0.25) is 0 Å². The number of carboxylic acid groups (broad SMARTS) is 1. The Kier molecular flexibility index (Phi) is 2.75. The van der Waals surface area contributed by atoms with Gasteiger partial charge in [0.25, 0.3) is 0 Å². The molecule has 2 aromatic heterocycles. The summed E-state index contributed by atoms with van der Waals surface area (Å²) >= 11 is 0. The van der Waals surface area contributed by atoms with Gasteiger partial charge >= 0.3 is 5.97 Å². The summed E-state index contributed by atoms with van der Waals surface area (Å²) in [6, 6.07) is 6.97. The molecule has 0 aliphatic heterocycles. The molecule has 19 heavy (non-hydrogen) atoms. The number of rotatable bonds is 4. The van der Waals surface area contributed by atoms with Crippen LogP contribution in [-0.4, -0.2) is 30.4 Å². The maximum Gasteiger partial charge on any atom is 0.337 e. The molecule has 3 rings (SSSR count). The van der Waals surface area contributed by atoms with Crippen LogP contribution in [0.25, 0.3) is 11.0 Å². The van der Waals surface area contributed by atoms with Crippen molar-refractivity contribution in [2.24, 2.45) is 0 Å². The quantitative estimate of drug-likeness (QED) is 0.770. The van der Waals surface area contributed by atoms with E-state index in [0.717, 1.165) is 0 Å². The number of benzene rings is 1. The molecule has 0 saturated heterocycles. The van der Waals surface area contributed by atoms with Crippen LogP contribution in [0, 0.1) is 0 Å². The number of fused-ring (bicyclic) bond motifs is 1. The molecule has 3 aromatic rings. The molecule has 0 fully saturated rings. The van der Waals surface area contributed by atoms with Gasteiger partial charge in [-0.25, -0.2) is 9.78 Å². The van der Waals surface area contributed by atoms with E-state index >= 15 is 0 Å². The first-order valence-electron chi connectivity index (χ1n) is 5.90. The van der Waals surface area contributed by atoms with Gasteiger partial charge < -0.3 is 9.67 Å². The number of carbonyl (C=O) groups is 1. The summed E-state index contributed by atoms with van der Waals surface area (Å²) in [5.41, 5.74) is 1.62. The van der Waals surface area contributed by atoms with E-state index in [9.17, 15) is 9.90 Å². The van der Waals surface area contributed by atoms with Crippen LogP contribution in [-0.2, 0) is 13.1 Å². The number of imidazole rings is 1. The first-order valence-corrected chi connectivity index (χ1v) is 5.90. The van der Waals surface area contributed by atoms with Gasteiger partial charge in [-0.15, -0.1) is 0 Å². The van der Waals surface area contributed by atoms with Crippen LogP contribution in [0.2, 0.25) is 0 Å². The van der Waals surface area contributed by atoms with E-state index in [0.29, 0.717) is 24.1 Å². The van der Waals surface area contributed by atoms with Gasteiger partial charge in [0.05, 0.1) is 29.5 Å². The molecule has 2 heterocycles. The molecular formula is C13H12N4O2. The molecule has 6 nitrogen and oxygen atoms in total. The van der Waals surface area contributed by atoms with Crippen molar-refractivity contribution in [3.05, 3.63) is 48.5 Å². The minimum absolute atomic E-state index is 0.274. The van der Waals surface area contributed by atoms with Gasteiger partial charge in [-0.2, -0.15) is 5.10 Å². The second-order valence-electron chi connectivity index (χ2n) is 4.19. The van der Waals surface area contributed by atoms with Crippen LogP contribution in [0.3, 0.4) is 0 Å². The van der Waals surface area contributed by atoms with Crippen molar-refractivity contribution in [2.45, 2.75) is 13.1 Å². The maximum atomic E-state index is 11.2. The minimum Gasteiger partial charge on any atom is -0.478 e. The fourth-order valence-corrected chi connectivity index (χ4v) is 2.11. The summed E-state index contributed by atoms with van der Waals surface area (Å²) in [6.45, 7) is 1.30. The van der Waals surface area contributed by atoms with Gasteiger partial charge in [0.1, 0.15) is 0 Å². The van der Waals surface area contributed by atoms with E-state index < -0.39 is 5.97 Å². The third-order valence-corrected chi connectivity index (χ3v) is 3.00. The van der Waals surface area contributed by atoms with E-state index in [1.165, 1.54) is 0 Å². The lowest BCUT2D eigenvalue weighted by Gasteiger charge is -2.06. The summed E-state index contributed by atoms with van der Waals surface area (Å²) in [4.78, 5) is 15.5. The third kappa shape index (κ3) is 2.08. The lowest BCUT2D eigenvalue weighted by atomic mass is 10.2. The van der Waals surface area contributed by atoms with Crippen molar-refractivity contribution < 1.29 is 9.90 Å². The highest BCUT2D eigenvalue weighted by atomic mass is 16.4. The Bertz CT molecular complexity index is 715. The largest absolute Gasteiger partial charge is 0.478 e. The Morgan fingerprint density at radius 3 is 2.89 bits per heavy atom. The molecule has 0 atom stereocenters. The van der Waals surface area contributed by atoms with Gasteiger partial charge in [-0.3, -0.25) is 4.68 Å². The number of aromatic nitrogens is 4. The van der Waals surface area contributed by atoms with Crippen molar-refractivity contribution in [3.63, 3.8) is 0 Å². The van der Waals surface area contributed by atoms with E-state index in [4.69, 9.17) is 0 Å². The Morgan fingerprint density at radius 2 is 2.16 bits per heavy atom. The monoisotopic (exact) mass is 256 g/mol. The van der Waals surface area contributed by atoms with E-state index in [2.05, 4.69) is 10.1 Å². The number of aryl methyl sites for hydroxylation is 2. The number of hydrogen-bond acceptors (Lipinski definition) is 3. The SMILES string of the molecule is O=C(O)c1cccc2ncn(CCn3cccn3)c12. The number of para-hydroxylation sites is 1. The lowest BCUT2D eigenvalue weighted by Crippen LogP contribution is -2.09. The molecule has 0 radical (unpaired) electrons. The van der Waals surface area contributed by atoms with E-state index in [-0.39, 0.29) is 5.56 Å². The predicted molar refractivity (Wildman–Crippen MR) is 68.9 cm³/mol. The average molecular weight is 256 g/mol. The normalized spacial score (nSPS) is 10.9. The zero-order chi connectivity index (χ0) is 13.2. The molecular weight excluding hydrogens is 244 g/mol. The fourth-order valence-electron chi connectivity index (χ4n) is 2.11. The van der Waals surface area contributed by atoms with Crippen LogP contribution in [0.1, 0.15) is 10.4 Å². The zero-order valence-corrected chi connectivity index (χ0v) is 10.1. The van der Waals surface area contributed by atoms with Crippen molar-refractivity contribution in [3.8, 4) is 0 Å². The molecule has 96 valence electrons. The predicted octanol–water partition coefficient (Wildman–Crippen LogP) is 1.63. The van der Waals surface area contributed by atoms with Crippen molar-refractivity contribution in [1.29, 1.82) is 0 Å². The summed E-state index contributed by atoms with van der Waals surface area (Å²) in [5.74, 6) is -0.938. The highest BCUT2D eigenvalue weighted by Crippen LogP contribution is 2.18. The number of hydrogen-bond donors (Lipinski definition) is 1. The van der Waals surface area contributed by atoms with Crippen LogP contribution in [0.5, 0.6) is 0 Å². The van der Waals surface area contributed by atoms with Gasteiger partial charge in [-0.1, -0.05) is 6.07 Å². The molecule has 0 amide bonds. The van der Waals surface area contributed by atoms with Gasteiger partial charge in [-0.05, 0) is 18.2 Å². The molecule has 0 aliphatic rings. The molecule has 0 saturated carbocycles. The molecule has 0 spiro atoms. The Morgan fingerprint density at radius 1 is 1.26 bits per heavy atom. The maximum absolute atomic E-state index is 11.2. The van der Waals surface area contributed by atoms with E-state index in [1.54, 1.807) is 29.3 Å². The standard InChI is InChI=1S/C13H12N4O2/c18-13(19)10-3-1-4-11-12(10)16(9-14-11)7-8-17-6-2-5-15-17/h1-6,9H,7-8H2,(H,18,19). The third-order valence-electron chi connectivity index (χ3n) is 3.00. The molecule has 0 bridgehead atoms. The number of aromatic carboxylic acids is 1. The Labute approximate surface area is 108 Å². The summed E-state index contributed by atoms with van der Waals surface area (Å²) in [5, 5.41) is 13.3. The Hall–Kier alpha value is -2.63. The van der Waals surface area contributed by atoms with Crippen molar-refractivity contribution >= 4 is 17.0 Å². The molecule has 0 aliphatic carbocycles. The minimum atomic E-state index is -0.938. The van der Waals surface area contributed by atoms with Gasteiger partial charge in [0, 0.05) is 18.9 Å². The van der Waals surface area contributed by atoms with Crippen LogP contribution in [0.15, 0.2) is 43.0 Å². The number of carboxylic acids is 1. The van der Waals surface area contributed by atoms with Crippen LogP contribution < -0.4 is 0 Å². The second-order valence-corrected chi connectivity index (χ2v) is 4.19. The highest BCUT2D eigenvalue weighted by Gasteiger charge is 2.12. The topological polar surface area (TPSA) is 72.9 Å². The zero-order valence-electron chi connectivity index (χ0n) is 10.1.